The highest BCUT2D eigenvalue weighted by Gasteiger charge is 2.44. The van der Waals surface area contributed by atoms with Gasteiger partial charge in [0.15, 0.2) is 6.10 Å². The number of nitrogens with one attached hydrogen (secondary N) is 2. The number of esters is 1. The maximum atomic E-state index is 14.4. The minimum atomic E-state index is -4.60. The van der Waals surface area contributed by atoms with Crippen LogP contribution >= 0.6 is 11.3 Å². The van der Waals surface area contributed by atoms with Gasteiger partial charge in [-0.15, -0.1) is 11.3 Å². The fourth-order valence-electron chi connectivity index (χ4n) is 8.19. The molecular formula is C40H56F3N7O7S. The molecule has 0 spiro atoms. The zero-order valence-corrected chi connectivity index (χ0v) is 34.8. The Bertz CT molecular complexity index is 1760. The molecule has 3 amide bonds. The molecule has 2 aromatic heterocycles. The Hall–Kier alpha value is -4.19. The number of hydrogen-bond donors (Lipinski definition) is 3. The number of halogens is 3. The van der Waals surface area contributed by atoms with Crippen molar-refractivity contribution in [3.05, 3.63) is 39.9 Å². The van der Waals surface area contributed by atoms with Crippen LogP contribution in [-0.4, -0.2) is 104 Å². The molecule has 3 saturated heterocycles. The smallest absolute Gasteiger partial charge is 0.419 e. The molecule has 0 aromatic carbocycles. The van der Waals surface area contributed by atoms with Crippen LogP contribution in [0.25, 0.3) is 0 Å². The Labute approximate surface area is 341 Å². The molecule has 6 rings (SSSR count). The van der Waals surface area contributed by atoms with Gasteiger partial charge in [0.05, 0.1) is 17.5 Å². The van der Waals surface area contributed by atoms with Crippen LogP contribution in [0, 0.1) is 29.6 Å². The van der Waals surface area contributed by atoms with E-state index >= 15 is 0 Å². The molecule has 2 aromatic rings. The Morgan fingerprint density at radius 2 is 1.67 bits per heavy atom. The third kappa shape index (κ3) is 11.7. The first-order valence-electron chi connectivity index (χ1n) is 20.2. The normalized spacial score (nSPS) is 22.3. The van der Waals surface area contributed by atoms with Crippen molar-refractivity contribution in [3.63, 3.8) is 0 Å². The van der Waals surface area contributed by atoms with E-state index in [0.717, 1.165) is 56.5 Å². The Balaban J connectivity index is 1.29. The molecule has 4 aliphatic rings. The molecule has 7 atom stereocenters. The summed E-state index contributed by atoms with van der Waals surface area (Å²) >= 11 is 1.09. The molecule has 3 aliphatic heterocycles. The van der Waals surface area contributed by atoms with Gasteiger partial charge >= 0.3 is 18.1 Å². The molecule has 5 heterocycles. The van der Waals surface area contributed by atoms with Gasteiger partial charge in [0.25, 0.3) is 5.91 Å². The van der Waals surface area contributed by atoms with Crippen molar-refractivity contribution in [3.8, 4) is 0 Å². The second-order valence-electron chi connectivity index (χ2n) is 16.6. The summed E-state index contributed by atoms with van der Waals surface area (Å²) in [5.41, 5.74) is -1.00. The highest BCUT2D eigenvalue weighted by atomic mass is 32.1. The van der Waals surface area contributed by atoms with E-state index in [0.29, 0.717) is 29.2 Å². The first-order chi connectivity index (χ1) is 27.3. The molecule has 18 heteroatoms. The van der Waals surface area contributed by atoms with Crippen molar-refractivity contribution in [2.45, 2.75) is 129 Å². The van der Waals surface area contributed by atoms with E-state index < -0.39 is 59.7 Å². The fraction of sp³-hybridized carbons (Fsp3) is 0.700. The monoisotopic (exact) mass is 835 g/mol. The summed E-state index contributed by atoms with van der Waals surface area (Å²) < 4.78 is 44.7. The summed E-state index contributed by atoms with van der Waals surface area (Å²) in [5.74, 6) is -2.69. The summed E-state index contributed by atoms with van der Waals surface area (Å²) in [6.07, 6.45) is 1.19. The average Bonchev–Trinajstić information content (AvgIpc) is 3.92. The molecule has 2 bridgehead atoms. The number of nitrogens with zero attached hydrogens (tertiary/aromatic N) is 5. The summed E-state index contributed by atoms with van der Waals surface area (Å²) in [6, 6.07) is -2.14. The first kappa shape index (κ1) is 44.9. The van der Waals surface area contributed by atoms with Gasteiger partial charge < -0.3 is 25.4 Å². The molecule has 320 valence electrons. The van der Waals surface area contributed by atoms with Gasteiger partial charge in [-0.05, 0) is 81.7 Å². The highest BCUT2D eigenvalue weighted by Crippen LogP contribution is 2.40. The van der Waals surface area contributed by atoms with Gasteiger partial charge in [-0.2, -0.15) is 13.2 Å². The fourth-order valence-corrected chi connectivity index (χ4v) is 9.03. The largest absolute Gasteiger partial charge is 0.481 e. The Morgan fingerprint density at radius 3 is 2.21 bits per heavy atom. The molecule has 3 N–H and O–H groups in total. The SMILES string of the molecule is CC(=O)O[C@H](C[C@H](C(C)C)N(C)C(=O)[C@@H](NC(=O)[C@H]1CC2CCN1CC2)[C@@H](C)C1CC1)c1nc(C(=O)N[C@@H](CCc2ncc(C(F)(F)F)cn2)C[C@H](C)C(=O)O)cs1. The van der Waals surface area contributed by atoms with Crippen molar-refractivity contribution in [2.75, 3.05) is 20.1 Å². The third-order valence-corrected chi connectivity index (χ3v) is 12.9. The molecule has 0 unspecified atom stereocenters. The van der Waals surface area contributed by atoms with Crippen molar-refractivity contribution >= 4 is 41.0 Å². The number of carboxylic acids is 1. The number of amides is 3. The van der Waals surface area contributed by atoms with Crippen LogP contribution in [0.2, 0.25) is 0 Å². The van der Waals surface area contributed by atoms with Crippen LogP contribution in [0.1, 0.15) is 119 Å². The number of likely N-dealkylation sites (N-methyl/N-ethyl adjacent to an activating group) is 1. The Morgan fingerprint density at radius 1 is 1.02 bits per heavy atom. The van der Waals surface area contributed by atoms with Crippen LogP contribution in [0.4, 0.5) is 13.2 Å². The topological polar surface area (TPSA) is 184 Å². The van der Waals surface area contributed by atoms with Crippen molar-refractivity contribution in [1.29, 1.82) is 0 Å². The van der Waals surface area contributed by atoms with Crippen LogP contribution < -0.4 is 10.6 Å². The highest BCUT2D eigenvalue weighted by molar-refractivity contribution is 7.09. The summed E-state index contributed by atoms with van der Waals surface area (Å²) in [6.45, 7) is 10.4. The van der Waals surface area contributed by atoms with Crippen molar-refractivity contribution in [2.24, 2.45) is 29.6 Å². The minimum absolute atomic E-state index is 0.00498. The molecule has 14 nitrogen and oxygen atoms in total. The number of aliphatic carboxylic acids is 1. The first-order valence-corrected chi connectivity index (χ1v) is 21.1. The molecule has 0 radical (unpaired) electrons. The number of alkyl halides is 3. The minimum Gasteiger partial charge on any atom is -0.481 e. The van der Waals surface area contributed by atoms with Crippen LogP contribution in [0.15, 0.2) is 17.8 Å². The standard InChI is InChI=1S/C40H56F3N7O7S/c1-21(2)30(49(6)38(54)34(23(4)26-7-8-26)48-36(53)31-16-25-11-13-50(31)14-12-25)17-32(57-24(5)51)37-47-29(20-58-37)35(52)46-28(15-22(3)39(55)56)9-10-33-44-18-27(19-45-33)40(41,42)43/h18-23,25-26,28,30-32,34H,7-17H2,1-6H3,(H,46,52)(H,48,53)(H,55,56)/t22-,23-,28-,30+,31+,32+,34-/m0/s1. The summed E-state index contributed by atoms with van der Waals surface area (Å²) in [7, 11) is 1.71. The van der Waals surface area contributed by atoms with Gasteiger partial charge in [-0.25, -0.2) is 15.0 Å². The lowest BCUT2D eigenvalue weighted by atomic mass is 9.82. The van der Waals surface area contributed by atoms with Crippen LogP contribution in [0.5, 0.6) is 0 Å². The molecule has 1 saturated carbocycles. The lowest BCUT2D eigenvalue weighted by Gasteiger charge is -2.45. The summed E-state index contributed by atoms with van der Waals surface area (Å²) in [4.78, 5) is 81.7. The number of carboxylic acid groups (broad SMARTS) is 1. The quantitative estimate of drug-likeness (QED) is 0.157. The average molecular weight is 836 g/mol. The molecular weight excluding hydrogens is 780 g/mol. The number of thiazole rings is 1. The number of carbonyl (C=O) groups excluding carboxylic acids is 4. The predicted molar refractivity (Wildman–Crippen MR) is 207 cm³/mol. The Kier molecular flexibility index (Phi) is 14.9. The second-order valence-corrected chi connectivity index (χ2v) is 17.5. The van der Waals surface area contributed by atoms with E-state index in [2.05, 4.69) is 30.5 Å². The van der Waals surface area contributed by atoms with Gasteiger partial charge in [0.1, 0.15) is 22.6 Å². The van der Waals surface area contributed by atoms with E-state index in [1.165, 1.54) is 19.2 Å². The third-order valence-electron chi connectivity index (χ3n) is 12.0. The predicted octanol–water partition coefficient (Wildman–Crippen LogP) is 5.29. The van der Waals surface area contributed by atoms with Gasteiger partial charge in [0, 0.05) is 56.7 Å². The lowest BCUT2D eigenvalue weighted by Crippen LogP contribution is -2.60. The van der Waals surface area contributed by atoms with Gasteiger partial charge in [-0.1, -0.05) is 27.7 Å². The molecule has 58 heavy (non-hydrogen) atoms. The van der Waals surface area contributed by atoms with E-state index in [-0.39, 0.29) is 66.9 Å². The van der Waals surface area contributed by atoms with Gasteiger partial charge in [0.2, 0.25) is 11.8 Å². The number of ether oxygens (including phenoxy) is 1. The zero-order chi connectivity index (χ0) is 42.5. The number of hydrogen-bond acceptors (Lipinski definition) is 11. The second kappa shape index (κ2) is 19.3. The lowest BCUT2D eigenvalue weighted by molar-refractivity contribution is -0.149. The van der Waals surface area contributed by atoms with E-state index in [1.54, 1.807) is 11.9 Å². The number of aromatic nitrogens is 3. The maximum absolute atomic E-state index is 14.4. The molecule has 1 aliphatic carbocycles. The van der Waals surface area contributed by atoms with E-state index in [9.17, 15) is 42.3 Å². The zero-order valence-electron chi connectivity index (χ0n) is 34.0. The number of fused-ring (bicyclic) bond motifs is 3. The maximum Gasteiger partial charge on any atom is 0.419 e. The van der Waals surface area contributed by atoms with Crippen LogP contribution in [-0.2, 0) is 36.5 Å². The number of carbonyl (C=O) groups is 5. The van der Waals surface area contributed by atoms with Crippen molar-refractivity contribution in [1.82, 2.24) is 35.4 Å². The van der Waals surface area contributed by atoms with Gasteiger partial charge in [-0.3, -0.25) is 28.9 Å². The number of piperidine rings is 3. The van der Waals surface area contributed by atoms with E-state index in [4.69, 9.17) is 4.74 Å². The number of aryl methyl sites for hydroxylation is 1. The number of rotatable bonds is 19. The van der Waals surface area contributed by atoms with E-state index in [1.807, 2.05) is 20.8 Å². The summed E-state index contributed by atoms with van der Waals surface area (Å²) in [5, 5.41) is 17.3. The molecule has 4 fully saturated rings. The van der Waals surface area contributed by atoms with Crippen molar-refractivity contribution < 1.29 is 47.0 Å². The van der Waals surface area contributed by atoms with Crippen LogP contribution in [0.3, 0.4) is 0 Å².